The Morgan fingerprint density at radius 3 is 2.48 bits per heavy atom. The van der Waals surface area contributed by atoms with Gasteiger partial charge in [-0.3, -0.25) is 9.59 Å². The number of anilines is 1. The Kier molecular flexibility index (Phi) is 4.62. The SMILES string of the molecule is CCC1(C(=O)c2ccc(C)cc2)CCN(c2ccccc2OC)C1=O. The maximum Gasteiger partial charge on any atom is 0.241 e. The highest BCUT2D eigenvalue weighted by atomic mass is 16.5. The Morgan fingerprint density at radius 1 is 1.16 bits per heavy atom. The van der Waals surface area contributed by atoms with E-state index in [1.165, 1.54) is 0 Å². The van der Waals surface area contributed by atoms with Gasteiger partial charge in [0, 0.05) is 12.1 Å². The molecular weight excluding hydrogens is 314 g/mol. The third-order valence-electron chi connectivity index (χ3n) is 5.14. The van der Waals surface area contributed by atoms with Gasteiger partial charge in [-0.25, -0.2) is 0 Å². The van der Waals surface area contributed by atoms with E-state index in [9.17, 15) is 9.59 Å². The van der Waals surface area contributed by atoms with Crippen molar-refractivity contribution in [3.05, 3.63) is 59.7 Å². The van der Waals surface area contributed by atoms with Crippen LogP contribution in [0.3, 0.4) is 0 Å². The van der Waals surface area contributed by atoms with Crippen LogP contribution in [0.2, 0.25) is 0 Å². The number of ketones is 1. The fraction of sp³-hybridized carbons (Fsp3) is 0.333. The van der Waals surface area contributed by atoms with Crippen LogP contribution in [0.5, 0.6) is 5.75 Å². The first kappa shape index (κ1) is 17.2. The molecule has 1 heterocycles. The molecule has 0 bridgehead atoms. The van der Waals surface area contributed by atoms with E-state index in [4.69, 9.17) is 4.74 Å². The number of hydrogen-bond donors (Lipinski definition) is 0. The summed E-state index contributed by atoms with van der Waals surface area (Å²) in [5.74, 6) is 0.424. The third-order valence-corrected chi connectivity index (χ3v) is 5.14. The zero-order valence-electron chi connectivity index (χ0n) is 14.9. The second-order valence-electron chi connectivity index (χ2n) is 6.51. The van der Waals surface area contributed by atoms with Gasteiger partial charge in [0.25, 0.3) is 0 Å². The monoisotopic (exact) mass is 337 g/mol. The number of benzene rings is 2. The lowest BCUT2D eigenvalue weighted by molar-refractivity contribution is -0.123. The molecule has 3 rings (SSSR count). The number of carbonyl (C=O) groups excluding carboxylic acids is 2. The lowest BCUT2D eigenvalue weighted by atomic mass is 9.76. The Hall–Kier alpha value is -2.62. The molecular formula is C21H23NO3. The van der Waals surface area contributed by atoms with Crippen LogP contribution in [0.4, 0.5) is 5.69 Å². The molecule has 0 N–H and O–H groups in total. The highest BCUT2D eigenvalue weighted by Gasteiger charge is 2.51. The molecule has 0 aliphatic carbocycles. The van der Waals surface area contributed by atoms with Gasteiger partial charge in [-0.15, -0.1) is 0 Å². The molecule has 4 heteroatoms. The van der Waals surface area contributed by atoms with E-state index < -0.39 is 5.41 Å². The molecule has 1 fully saturated rings. The number of Topliss-reactive ketones (excluding diaryl/α,β-unsaturated/α-hetero) is 1. The van der Waals surface area contributed by atoms with Gasteiger partial charge in [-0.05, 0) is 31.9 Å². The summed E-state index contributed by atoms with van der Waals surface area (Å²) in [6, 6.07) is 14.9. The molecule has 1 saturated heterocycles. The van der Waals surface area contributed by atoms with E-state index in [0.717, 1.165) is 11.3 Å². The number of ether oxygens (including phenoxy) is 1. The fourth-order valence-electron chi connectivity index (χ4n) is 3.53. The van der Waals surface area contributed by atoms with Crippen molar-refractivity contribution in [2.75, 3.05) is 18.6 Å². The van der Waals surface area contributed by atoms with E-state index in [0.29, 0.717) is 30.7 Å². The zero-order valence-corrected chi connectivity index (χ0v) is 14.9. The standard InChI is InChI=1S/C21H23NO3/c1-4-21(19(23)16-11-9-15(2)10-12-16)13-14-22(20(21)24)17-7-5-6-8-18(17)25-3/h5-12H,4,13-14H2,1-3H3. The number of para-hydroxylation sites is 2. The second kappa shape index (κ2) is 6.71. The molecule has 4 nitrogen and oxygen atoms in total. The van der Waals surface area contributed by atoms with Crippen LogP contribution >= 0.6 is 0 Å². The second-order valence-corrected chi connectivity index (χ2v) is 6.51. The van der Waals surface area contributed by atoms with Crippen molar-refractivity contribution in [3.8, 4) is 5.75 Å². The lowest BCUT2D eigenvalue weighted by Gasteiger charge is -2.26. The van der Waals surface area contributed by atoms with Crippen molar-refractivity contribution in [1.82, 2.24) is 0 Å². The molecule has 1 aliphatic rings. The predicted molar refractivity (Wildman–Crippen MR) is 98.2 cm³/mol. The first-order valence-corrected chi connectivity index (χ1v) is 8.60. The molecule has 0 radical (unpaired) electrons. The molecule has 2 aromatic rings. The average Bonchev–Trinajstić information content (AvgIpc) is 2.99. The summed E-state index contributed by atoms with van der Waals surface area (Å²) in [5.41, 5.74) is 1.43. The van der Waals surface area contributed by atoms with E-state index in [2.05, 4.69) is 0 Å². The molecule has 25 heavy (non-hydrogen) atoms. The summed E-state index contributed by atoms with van der Waals surface area (Å²) in [6.45, 7) is 4.41. The Bertz CT molecular complexity index is 797. The highest BCUT2D eigenvalue weighted by molar-refractivity contribution is 6.19. The summed E-state index contributed by atoms with van der Waals surface area (Å²) < 4.78 is 5.39. The minimum absolute atomic E-state index is 0.0857. The van der Waals surface area contributed by atoms with E-state index in [1.54, 1.807) is 12.0 Å². The number of aryl methyl sites for hydroxylation is 1. The van der Waals surface area contributed by atoms with Crippen molar-refractivity contribution >= 4 is 17.4 Å². The largest absolute Gasteiger partial charge is 0.495 e. The summed E-state index contributed by atoms with van der Waals surface area (Å²) in [7, 11) is 1.59. The number of hydrogen-bond acceptors (Lipinski definition) is 3. The average molecular weight is 337 g/mol. The van der Waals surface area contributed by atoms with Gasteiger partial charge in [-0.1, -0.05) is 48.9 Å². The van der Waals surface area contributed by atoms with Crippen molar-refractivity contribution in [2.45, 2.75) is 26.7 Å². The van der Waals surface area contributed by atoms with Crippen LogP contribution in [-0.4, -0.2) is 25.3 Å². The summed E-state index contributed by atoms with van der Waals surface area (Å²) in [6.07, 6.45) is 1.01. The Labute approximate surface area is 148 Å². The fourth-order valence-corrected chi connectivity index (χ4v) is 3.53. The van der Waals surface area contributed by atoms with E-state index in [-0.39, 0.29) is 11.7 Å². The summed E-state index contributed by atoms with van der Waals surface area (Å²) in [4.78, 5) is 28.1. The van der Waals surface area contributed by atoms with Crippen LogP contribution in [-0.2, 0) is 4.79 Å². The number of methoxy groups -OCH3 is 1. The molecule has 1 aliphatic heterocycles. The molecule has 130 valence electrons. The lowest BCUT2D eigenvalue weighted by Crippen LogP contribution is -2.40. The Balaban J connectivity index is 1.97. The van der Waals surface area contributed by atoms with Gasteiger partial charge in [0.15, 0.2) is 5.78 Å². The Morgan fingerprint density at radius 2 is 1.84 bits per heavy atom. The van der Waals surface area contributed by atoms with Gasteiger partial charge in [0.05, 0.1) is 12.8 Å². The third kappa shape index (κ3) is 2.82. The van der Waals surface area contributed by atoms with Gasteiger partial charge < -0.3 is 9.64 Å². The van der Waals surface area contributed by atoms with Crippen molar-refractivity contribution in [3.63, 3.8) is 0 Å². The molecule has 1 amide bonds. The van der Waals surface area contributed by atoms with Crippen LogP contribution in [0.15, 0.2) is 48.5 Å². The topological polar surface area (TPSA) is 46.6 Å². The van der Waals surface area contributed by atoms with Crippen LogP contribution in [0.1, 0.15) is 35.7 Å². The van der Waals surface area contributed by atoms with E-state index >= 15 is 0 Å². The van der Waals surface area contributed by atoms with Crippen molar-refractivity contribution in [2.24, 2.45) is 5.41 Å². The van der Waals surface area contributed by atoms with E-state index in [1.807, 2.05) is 62.4 Å². The quantitative estimate of drug-likeness (QED) is 0.611. The molecule has 0 spiro atoms. The first-order chi connectivity index (χ1) is 12.0. The highest BCUT2D eigenvalue weighted by Crippen LogP contribution is 2.42. The summed E-state index contributed by atoms with van der Waals surface area (Å²) >= 11 is 0. The van der Waals surface area contributed by atoms with Crippen LogP contribution in [0, 0.1) is 12.3 Å². The summed E-state index contributed by atoms with van der Waals surface area (Å²) in [5, 5.41) is 0. The number of carbonyl (C=O) groups is 2. The zero-order chi connectivity index (χ0) is 18.0. The van der Waals surface area contributed by atoms with Crippen LogP contribution < -0.4 is 9.64 Å². The van der Waals surface area contributed by atoms with Crippen LogP contribution in [0.25, 0.3) is 0 Å². The molecule has 0 saturated carbocycles. The molecule has 0 aromatic heterocycles. The molecule has 1 atom stereocenters. The normalized spacial score (nSPS) is 20.0. The van der Waals surface area contributed by atoms with Gasteiger partial charge in [0.2, 0.25) is 5.91 Å². The maximum absolute atomic E-state index is 13.3. The number of nitrogens with zero attached hydrogens (tertiary/aromatic N) is 1. The number of rotatable bonds is 5. The van der Waals surface area contributed by atoms with Crippen molar-refractivity contribution in [1.29, 1.82) is 0 Å². The maximum atomic E-state index is 13.3. The van der Waals surface area contributed by atoms with Gasteiger partial charge >= 0.3 is 0 Å². The molecule has 2 aromatic carbocycles. The predicted octanol–water partition coefficient (Wildman–Crippen LogP) is 4.02. The van der Waals surface area contributed by atoms with Crippen molar-refractivity contribution < 1.29 is 14.3 Å². The minimum atomic E-state index is -0.990. The smallest absolute Gasteiger partial charge is 0.241 e. The first-order valence-electron chi connectivity index (χ1n) is 8.60. The van der Waals surface area contributed by atoms with Gasteiger partial charge in [0.1, 0.15) is 11.2 Å². The molecule has 1 unspecified atom stereocenters. The number of amides is 1. The minimum Gasteiger partial charge on any atom is -0.495 e. The van der Waals surface area contributed by atoms with Gasteiger partial charge in [-0.2, -0.15) is 0 Å².